The largest absolute Gasteiger partial charge is 0.413 e. The van der Waals surface area contributed by atoms with E-state index < -0.39 is 0 Å². The fraction of sp³-hybridized carbons (Fsp3) is 0.462. The van der Waals surface area contributed by atoms with E-state index in [1.165, 1.54) is 18.5 Å². The second-order valence-electron chi connectivity index (χ2n) is 5.74. The third-order valence-corrected chi connectivity index (χ3v) is 5.91. The van der Waals surface area contributed by atoms with Crippen molar-refractivity contribution >= 4 is 35.4 Å². The highest BCUT2D eigenvalue weighted by molar-refractivity contribution is 6.92. The summed E-state index contributed by atoms with van der Waals surface area (Å²) in [5.74, 6) is 0.658. The second kappa shape index (κ2) is 7.18. The van der Waals surface area contributed by atoms with Gasteiger partial charge in [-0.1, -0.05) is 50.3 Å². The highest BCUT2D eigenvalue weighted by atomic mass is 28.2. The van der Waals surface area contributed by atoms with E-state index in [-0.39, 0.29) is 6.98 Å². The lowest BCUT2D eigenvalue weighted by molar-refractivity contribution is 0.589. The van der Waals surface area contributed by atoms with Gasteiger partial charge in [0.25, 0.3) is 0 Å². The molecule has 2 heterocycles. The van der Waals surface area contributed by atoms with Crippen LogP contribution in [0.25, 0.3) is 0 Å². The summed E-state index contributed by atoms with van der Waals surface area (Å²) < 4.78 is 7.13. The van der Waals surface area contributed by atoms with Gasteiger partial charge in [0.15, 0.2) is 0 Å². The van der Waals surface area contributed by atoms with Crippen molar-refractivity contribution in [1.29, 1.82) is 0 Å². The fourth-order valence-corrected chi connectivity index (χ4v) is 4.25. The van der Waals surface area contributed by atoms with E-state index in [9.17, 15) is 0 Å². The maximum Gasteiger partial charge on any atom is 0.324 e. The number of aromatic amines is 1. The van der Waals surface area contributed by atoms with Gasteiger partial charge in [0, 0.05) is 5.69 Å². The molecule has 3 rings (SSSR count). The van der Waals surface area contributed by atoms with Gasteiger partial charge < -0.3 is 13.7 Å². The summed E-state index contributed by atoms with van der Waals surface area (Å²) in [4.78, 5) is 0. The van der Waals surface area contributed by atoms with Crippen molar-refractivity contribution in [3.05, 3.63) is 30.3 Å². The van der Waals surface area contributed by atoms with E-state index in [4.69, 9.17) is 0 Å². The molecule has 0 atom stereocenters. The van der Waals surface area contributed by atoms with Gasteiger partial charge in [-0.3, -0.25) is 0 Å². The highest BCUT2D eigenvalue weighted by Gasteiger charge is 2.43. The number of benzene rings is 1. The maximum absolute atomic E-state index is 4.19. The number of unbranched alkanes of at least 4 members (excludes halogenated alkanes) is 1. The molecular weight excluding hydrogens is 304 g/mol. The molecule has 0 bridgehead atoms. The monoisotopic (exact) mass is 325 g/mol. The number of H-pyrrole nitrogens is 1. The molecule has 1 aliphatic rings. The first-order valence-corrected chi connectivity index (χ1v) is 9.00. The zero-order valence-corrected chi connectivity index (χ0v) is 14.8. The quantitative estimate of drug-likeness (QED) is 0.839. The van der Waals surface area contributed by atoms with E-state index in [0.717, 1.165) is 6.54 Å². The molecule has 1 fully saturated rings. The average Bonchev–Trinajstić information content (AvgIpc) is 3.10. The molecule has 1 aliphatic heterocycles. The van der Waals surface area contributed by atoms with Gasteiger partial charge in [0.05, 0.1) is 0 Å². The number of hydrogen-bond donors (Lipinski definition) is 1. The first-order valence-electron chi connectivity index (χ1n) is 8.11. The molecule has 1 aromatic heterocycles. The summed E-state index contributed by atoms with van der Waals surface area (Å²) in [6.45, 7) is 8.36. The summed E-state index contributed by atoms with van der Waals surface area (Å²) in [6, 6.07) is 10.5. The molecule has 0 saturated carbocycles. The van der Waals surface area contributed by atoms with Gasteiger partial charge in [-0.05, 0) is 30.3 Å². The number of para-hydroxylation sites is 1. The van der Waals surface area contributed by atoms with Crippen molar-refractivity contribution in [2.75, 3.05) is 15.5 Å². The molecule has 10 heteroatoms. The number of hydrogen-bond acceptors (Lipinski definition) is 6. The minimum atomic E-state index is 0.243. The van der Waals surface area contributed by atoms with Gasteiger partial charge in [-0.2, -0.15) is 5.21 Å². The zero-order chi connectivity index (χ0) is 16.2. The Morgan fingerprint density at radius 2 is 1.87 bits per heavy atom. The van der Waals surface area contributed by atoms with Crippen molar-refractivity contribution in [1.82, 2.24) is 25.3 Å². The number of tetrazole rings is 1. The van der Waals surface area contributed by atoms with Crippen molar-refractivity contribution in [3.63, 3.8) is 0 Å². The Kier molecular flexibility index (Phi) is 5.02. The molecule has 1 N–H and O–H groups in total. The first kappa shape index (κ1) is 16.1. The SMILES string of the molecule is CCCCN1B(C)N(c2ccccc2)[Si]N(c2nn[nH]n2)B1C. The Bertz CT molecular complexity index is 600. The van der Waals surface area contributed by atoms with Gasteiger partial charge in [-0.25, -0.2) is 0 Å². The van der Waals surface area contributed by atoms with E-state index >= 15 is 0 Å². The molecule has 0 aliphatic carbocycles. The highest BCUT2D eigenvalue weighted by Crippen LogP contribution is 2.24. The van der Waals surface area contributed by atoms with Crippen LogP contribution in [0.1, 0.15) is 19.8 Å². The molecule has 118 valence electrons. The molecule has 0 unspecified atom stereocenters. The van der Waals surface area contributed by atoms with E-state index in [1.807, 2.05) is 0 Å². The lowest BCUT2D eigenvalue weighted by Crippen LogP contribution is -2.72. The van der Waals surface area contributed by atoms with Crippen LogP contribution in [0.15, 0.2) is 30.3 Å². The third-order valence-electron chi connectivity index (χ3n) is 4.28. The third kappa shape index (κ3) is 3.27. The lowest BCUT2D eigenvalue weighted by atomic mass is 9.61. The summed E-state index contributed by atoms with van der Waals surface area (Å²) in [6.07, 6.45) is 2.37. The smallest absolute Gasteiger partial charge is 0.324 e. The number of anilines is 2. The van der Waals surface area contributed by atoms with Crippen LogP contribution in [-0.2, 0) is 0 Å². The van der Waals surface area contributed by atoms with Crippen LogP contribution in [0.5, 0.6) is 0 Å². The van der Waals surface area contributed by atoms with E-state index in [0.29, 0.717) is 22.8 Å². The average molecular weight is 325 g/mol. The van der Waals surface area contributed by atoms with Crippen LogP contribution >= 0.6 is 0 Å². The number of nitrogens with zero attached hydrogens (tertiary/aromatic N) is 6. The van der Waals surface area contributed by atoms with E-state index in [2.05, 4.69) is 85.2 Å². The van der Waals surface area contributed by atoms with Gasteiger partial charge >= 0.3 is 23.8 Å². The Morgan fingerprint density at radius 3 is 2.52 bits per heavy atom. The molecule has 2 aromatic rings. The van der Waals surface area contributed by atoms with E-state index in [1.54, 1.807) is 0 Å². The summed E-state index contributed by atoms with van der Waals surface area (Å²) >= 11 is 0. The predicted molar refractivity (Wildman–Crippen MR) is 96.2 cm³/mol. The Morgan fingerprint density at radius 1 is 1.13 bits per heavy atom. The molecule has 0 amide bonds. The van der Waals surface area contributed by atoms with Crippen LogP contribution in [0.3, 0.4) is 0 Å². The predicted octanol–water partition coefficient (Wildman–Crippen LogP) is 1.40. The number of aromatic nitrogens is 4. The van der Waals surface area contributed by atoms with Crippen LogP contribution < -0.4 is 8.95 Å². The van der Waals surface area contributed by atoms with Gasteiger partial charge in [-0.15, -0.1) is 5.10 Å². The lowest BCUT2D eigenvalue weighted by Gasteiger charge is -2.48. The van der Waals surface area contributed by atoms with Crippen molar-refractivity contribution in [2.24, 2.45) is 0 Å². The van der Waals surface area contributed by atoms with Crippen LogP contribution in [0.4, 0.5) is 11.6 Å². The van der Waals surface area contributed by atoms with Crippen molar-refractivity contribution in [3.8, 4) is 0 Å². The minimum Gasteiger partial charge on any atom is -0.413 e. The summed E-state index contributed by atoms with van der Waals surface area (Å²) in [7, 11) is 0.447. The first-order chi connectivity index (χ1) is 11.2. The van der Waals surface area contributed by atoms with Gasteiger partial charge in [0.2, 0.25) is 5.95 Å². The second-order valence-corrected chi connectivity index (χ2v) is 6.91. The van der Waals surface area contributed by atoms with Crippen LogP contribution in [-0.4, -0.2) is 55.7 Å². The Labute approximate surface area is 140 Å². The maximum atomic E-state index is 4.19. The fourth-order valence-electron chi connectivity index (χ4n) is 2.94. The molecule has 23 heavy (non-hydrogen) atoms. The molecule has 1 saturated heterocycles. The normalized spacial score (nSPS) is 16.3. The molecule has 2 radical (unpaired) electrons. The molecule has 7 nitrogen and oxygen atoms in total. The minimum absolute atomic E-state index is 0.243. The molecule has 0 spiro atoms. The number of rotatable bonds is 5. The van der Waals surface area contributed by atoms with Crippen molar-refractivity contribution < 1.29 is 0 Å². The molecule has 1 aromatic carbocycles. The zero-order valence-electron chi connectivity index (χ0n) is 13.8. The Balaban J connectivity index is 1.90. The van der Waals surface area contributed by atoms with Crippen molar-refractivity contribution in [2.45, 2.75) is 33.4 Å². The molecular formula is C13H21B2N7Si. The summed E-state index contributed by atoms with van der Waals surface area (Å²) in [5.41, 5.74) is 1.22. The standard InChI is InChI=1S/C13H21B2N7Si/c1-4-5-11-20-14(2)21(12-9-7-6-8-10-12)23-22(15(20)3)13-16-18-19-17-13/h6-10H,4-5,11H2,1-3H3,(H,16,17,18,19). The van der Waals surface area contributed by atoms with Crippen LogP contribution in [0, 0.1) is 0 Å². The van der Waals surface area contributed by atoms with Gasteiger partial charge in [0.1, 0.15) is 0 Å². The summed E-state index contributed by atoms with van der Waals surface area (Å²) in [5, 5.41) is 14.7. The topological polar surface area (TPSA) is 64.2 Å². The Hall–Kier alpha value is -1.80. The van der Waals surface area contributed by atoms with Crippen LogP contribution in [0.2, 0.25) is 13.6 Å². The number of nitrogens with one attached hydrogen (secondary N) is 1.